The minimum absolute atomic E-state index is 0.331. The number of carboxylic acid groups (broad SMARTS) is 1. The van der Waals surface area contributed by atoms with E-state index in [2.05, 4.69) is 25.8 Å². The van der Waals surface area contributed by atoms with Crippen LogP contribution in [0.3, 0.4) is 0 Å². The molecule has 5 aromatic rings. The first-order valence-electron chi connectivity index (χ1n) is 12.3. The summed E-state index contributed by atoms with van der Waals surface area (Å²) in [5.41, 5.74) is 4.18. The number of fused-ring (bicyclic) bond motifs is 4. The topological polar surface area (TPSA) is 91.9 Å². The Hall–Kier alpha value is -3.79. The maximum absolute atomic E-state index is 11.1. The van der Waals surface area contributed by atoms with Crippen molar-refractivity contribution in [2.45, 2.75) is 31.6 Å². The van der Waals surface area contributed by atoms with Gasteiger partial charge < -0.3 is 14.3 Å². The summed E-state index contributed by atoms with van der Waals surface area (Å²) in [6, 6.07) is 18.1. The molecule has 0 saturated carbocycles. The molecule has 2 saturated heterocycles. The molecule has 2 atom stereocenters. The Kier molecular flexibility index (Phi) is 5.42. The maximum atomic E-state index is 11.1. The van der Waals surface area contributed by atoms with Crippen molar-refractivity contribution in [3.8, 4) is 10.9 Å². The number of nitrogens with zero attached hydrogens (tertiary/aromatic N) is 4. The van der Waals surface area contributed by atoms with Crippen molar-refractivity contribution in [2.24, 2.45) is 0 Å². The van der Waals surface area contributed by atoms with Crippen LogP contribution in [-0.2, 0) is 13.1 Å². The van der Waals surface area contributed by atoms with E-state index in [9.17, 15) is 4.79 Å². The summed E-state index contributed by atoms with van der Waals surface area (Å²) in [7, 11) is 0. The van der Waals surface area contributed by atoms with Gasteiger partial charge in [-0.2, -0.15) is 4.98 Å². The second kappa shape index (κ2) is 8.95. The van der Waals surface area contributed by atoms with Crippen molar-refractivity contribution in [1.29, 1.82) is 0 Å². The van der Waals surface area contributed by atoms with E-state index in [1.807, 2.05) is 42.7 Å². The third kappa shape index (κ3) is 4.25. The lowest BCUT2D eigenvalue weighted by molar-refractivity contribution is 0.0697. The van der Waals surface area contributed by atoms with Gasteiger partial charge in [0, 0.05) is 61.5 Å². The van der Waals surface area contributed by atoms with Gasteiger partial charge in [0.1, 0.15) is 11.3 Å². The molecule has 0 amide bonds. The van der Waals surface area contributed by atoms with E-state index < -0.39 is 5.97 Å². The molecule has 5 heterocycles. The number of likely N-dealkylation sites (tertiary alicyclic amines) is 2. The SMILES string of the molecule is O=C(O)c1ccc(CN2CC3CC2CN3Cc2coc3cc(Oc4nc5ncccc5s4)ccc23)cc1. The molecule has 2 unspecified atom stereocenters. The van der Waals surface area contributed by atoms with Crippen LogP contribution in [0.2, 0.25) is 0 Å². The lowest BCUT2D eigenvalue weighted by atomic mass is 10.1. The molecule has 9 heteroatoms. The smallest absolute Gasteiger partial charge is 0.335 e. The van der Waals surface area contributed by atoms with Crippen LogP contribution in [0.25, 0.3) is 21.3 Å². The van der Waals surface area contributed by atoms with E-state index >= 15 is 0 Å². The molecule has 186 valence electrons. The van der Waals surface area contributed by atoms with Gasteiger partial charge in [-0.05, 0) is 48.4 Å². The van der Waals surface area contributed by atoms with Gasteiger partial charge in [0.05, 0.1) is 16.5 Å². The predicted octanol–water partition coefficient (Wildman–Crippen LogP) is 5.39. The van der Waals surface area contributed by atoms with Crippen molar-refractivity contribution < 1.29 is 19.1 Å². The molecule has 2 aromatic carbocycles. The molecule has 1 N–H and O–H groups in total. The number of hydrogen-bond donors (Lipinski definition) is 1. The van der Waals surface area contributed by atoms with E-state index in [4.69, 9.17) is 14.3 Å². The minimum atomic E-state index is -0.885. The predicted molar refractivity (Wildman–Crippen MR) is 140 cm³/mol. The third-order valence-corrected chi connectivity index (χ3v) is 8.29. The van der Waals surface area contributed by atoms with Gasteiger partial charge in [0.2, 0.25) is 0 Å². The van der Waals surface area contributed by atoms with Crippen molar-refractivity contribution in [3.63, 3.8) is 0 Å². The summed E-state index contributed by atoms with van der Waals surface area (Å²) in [6.07, 6.45) is 4.76. The Labute approximate surface area is 216 Å². The second-order valence-corrected chi connectivity index (χ2v) is 10.7. The highest BCUT2D eigenvalue weighted by molar-refractivity contribution is 7.20. The largest absolute Gasteiger partial charge is 0.478 e. The second-order valence-electron chi connectivity index (χ2n) is 9.73. The van der Waals surface area contributed by atoms with Crippen LogP contribution in [0.4, 0.5) is 0 Å². The quantitative estimate of drug-likeness (QED) is 0.311. The van der Waals surface area contributed by atoms with Crippen LogP contribution < -0.4 is 4.74 Å². The van der Waals surface area contributed by atoms with Gasteiger partial charge in [-0.15, -0.1) is 0 Å². The molecule has 7 rings (SSSR count). The summed E-state index contributed by atoms with van der Waals surface area (Å²) < 4.78 is 12.9. The first-order valence-corrected chi connectivity index (χ1v) is 13.1. The summed E-state index contributed by atoms with van der Waals surface area (Å²) in [5, 5.41) is 10.8. The Morgan fingerprint density at radius 2 is 1.89 bits per heavy atom. The number of benzene rings is 2. The maximum Gasteiger partial charge on any atom is 0.335 e. The van der Waals surface area contributed by atoms with Crippen LogP contribution in [0.5, 0.6) is 10.9 Å². The summed E-state index contributed by atoms with van der Waals surface area (Å²) in [4.78, 5) is 24.9. The van der Waals surface area contributed by atoms with E-state index in [1.54, 1.807) is 18.3 Å². The van der Waals surface area contributed by atoms with Gasteiger partial charge in [-0.25, -0.2) is 9.78 Å². The van der Waals surface area contributed by atoms with Crippen molar-refractivity contribution in [1.82, 2.24) is 19.8 Å². The zero-order valence-corrected chi connectivity index (χ0v) is 20.7. The van der Waals surface area contributed by atoms with Gasteiger partial charge in [-0.3, -0.25) is 9.80 Å². The van der Waals surface area contributed by atoms with Gasteiger partial charge in [0.25, 0.3) is 5.19 Å². The number of furan rings is 1. The van der Waals surface area contributed by atoms with E-state index in [0.29, 0.717) is 34.2 Å². The number of piperazine rings is 1. The Balaban J connectivity index is 1.00. The molecule has 2 fully saturated rings. The molecular formula is C28H24N4O4S. The number of carboxylic acids is 1. The summed E-state index contributed by atoms with van der Waals surface area (Å²) in [6.45, 7) is 3.77. The van der Waals surface area contributed by atoms with E-state index in [1.165, 1.54) is 16.9 Å². The third-order valence-electron chi connectivity index (χ3n) is 7.41. The van der Waals surface area contributed by atoms with Gasteiger partial charge in [-0.1, -0.05) is 23.5 Å². The van der Waals surface area contributed by atoms with Crippen molar-refractivity contribution >= 4 is 38.6 Å². The lowest BCUT2D eigenvalue weighted by Crippen LogP contribution is -2.45. The Morgan fingerprint density at radius 3 is 2.65 bits per heavy atom. The number of rotatable bonds is 7. The number of pyridine rings is 1. The van der Waals surface area contributed by atoms with E-state index in [0.717, 1.165) is 53.8 Å². The fourth-order valence-electron chi connectivity index (χ4n) is 5.57. The molecule has 2 bridgehead atoms. The molecule has 3 aromatic heterocycles. The minimum Gasteiger partial charge on any atom is -0.478 e. The normalized spacial score (nSPS) is 19.8. The van der Waals surface area contributed by atoms with Gasteiger partial charge >= 0.3 is 5.97 Å². The average molecular weight is 513 g/mol. The number of aromatic nitrogens is 2. The average Bonchev–Trinajstić information content (AvgIpc) is 3.68. The van der Waals surface area contributed by atoms with Crippen LogP contribution in [0.1, 0.15) is 27.9 Å². The molecular weight excluding hydrogens is 488 g/mol. The highest BCUT2D eigenvalue weighted by atomic mass is 32.1. The van der Waals surface area contributed by atoms with E-state index in [-0.39, 0.29) is 0 Å². The van der Waals surface area contributed by atoms with Crippen LogP contribution in [0.15, 0.2) is 71.5 Å². The number of aromatic carboxylic acids is 1. The molecule has 0 spiro atoms. The molecule has 0 radical (unpaired) electrons. The molecule has 2 aliphatic heterocycles. The molecule has 0 aliphatic carbocycles. The van der Waals surface area contributed by atoms with Crippen LogP contribution in [0, 0.1) is 0 Å². The number of hydrogen-bond acceptors (Lipinski definition) is 8. The lowest BCUT2D eigenvalue weighted by Gasteiger charge is -2.34. The highest BCUT2D eigenvalue weighted by Gasteiger charge is 2.43. The first-order chi connectivity index (χ1) is 18.1. The Bertz CT molecular complexity index is 1580. The molecule has 2 aliphatic rings. The number of carbonyl (C=O) groups is 1. The number of thiazole rings is 1. The van der Waals surface area contributed by atoms with Gasteiger partial charge in [0.15, 0.2) is 5.65 Å². The molecule has 8 nitrogen and oxygen atoms in total. The zero-order chi connectivity index (χ0) is 24.9. The summed E-state index contributed by atoms with van der Waals surface area (Å²) in [5.74, 6) is -0.191. The summed E-state index contributed by atoms with van der Waals surface area (Å²) >= 11 is 1.47. The Morgan fingerprint density at radius 1 is 1.08 bits per heavy atom. The zero-order valence-electron chi connectivity index (χ0n) is 19.9. The molecule has 37 heavy (non-hydrogen) atoms. The fraction of sp³-hybridized carbons (Fsp3) is 0.250. The number of ether oxygens (including phenoxy) is 1. The van der Waals surface area contributed by atoms with Crippen LogP contribution in [-0.4, -0.2) is 56.0 Å². The van der Waals surface area contributed by atoms with Crippen LogP contribution >= 0.6 is 11.3 Å². The van der Waals surface area contributed by atoms with Crippen molar-refractivity contribution in [3.05, 3.63) is 83.7 Å². The highest BCUT2D eigenvalue weighted by Crippen LogP contribution is 2.36. The first kappa shape index (κ1) is 22.4. The fourth-order valence-corrected chi connectivity index (χ4v) is 6.36. The monoisotopic (exact) mass is 512 g/mol. The van der Waals surface area contributed by atoms with Crippen molar-refractivity contribution in [2.75, 3.05) is 13.1 Å². The standard InChI is InChI=1S/C28H24N4O4S/c33-27(34)18-5-3-17(4-6-18)12-31-14-21-10-20(31)15-32(21)13-19-16-35-24-11-22(7-8-23(19)24)36-28-30-26-25(37-28)2-1-9-29-26/h1-9,11,16,20-21H,10,12-15H2,(H,33,34).